The third-order valence-corrected chi connectivity index (χ3v) is 4.49. The summed E-state index contributed by atoms with van der Waals surface area (Å²) in [4.78, 5) is 18.4. The van der Waals surface area contributed by atoms with Gasteiger partial charge in [-0.3, -0.25) is 4.79 Å². The molecule has 3 rings (SSSR count). The van der Waals surface area contributed by atoms with Gasteiger partial charge >= 0.3 is 0 Å². The van der Waals surface area contributed by atoms with Crippen LogP contribution in [0.4, 0.5) is 10.8 Å². The third kappa shape index (κ3) is 3.30. The number of carbonyl (C=O) groups is 1. The van der Waals surface area contributed by atoms with Gasteiger partial charge in [0, 0.05) is 36.1 Å². The van der Waals surface area contributed by atoms with Crippen LogP contribution < -0.4 is 10.2 Å². The zero-order valence-corrected chi connectivity index (χ0v) is 13.8. The lowest BCUT2D eigenvalue weighted by molar-refractivity contribution is -0.117. The Kier molecular flexibility index (Phi) is 4.43. The lowest BCUT2D eigenvalue weighted by Gasteiger charge is -2.16. The number of hydrogen-bond acceptors (Lipinski definition) is 4. The summed E-state index contributed by atoms with van der Waals surface area (Å²) in [5.74, 6) is 0.812. The van der Waals surface area contributed by atoms with Gasteiger partial charge in [0.15, 0.2) is 5.13 Å². The van der Waals surface area contributed by atoms with Crippen molar-refractivity contribution in [1.29, 1.82) is 0 Å². The minimum absolute atomic E-state index is 0.217. The predicted molar refractivity (Wildman–Crippen MR) is 92.5 cm³/mol. The Morgan fingerprint density at radius 3 is 3.00 bits per heavy atom. The van der Waals surface area contributed by atoms with Gasteiger partial charge in [0.1, 0.15) is 0 Å². The molecule has 0 aliphatic carbocycles. The molecule has 4 nitrogen and oxygen atoms in total. The van der Waals surface area contributed by atoms with Crippen molar-refractivity contribution >= 4 is 28.1 Å². The molecule has 5 heteroatoms. The van der Waals surface area contributed by atoms with Gasteiger partial charge in [0.05, 0.1) is 5.69 Å². The van der Waals surface area contributed by atoms with Crippen LogP contribution in [0.2, 0.25) is 0 Å². The van der Waals surface area contributed by atoms with E-state index in [0.29, 0.717) is 12.3 Å². The van der Waals surface area contributed by atoms with Crippen LogP contribution in [0.1, 0.15) is 26.7 Å². The number of carbonyl (C=O) groups excluding carboxylic acids is 1. The van der Waals surface area contributed by atoms with Gasteiger partial charge in [-0.15, -0.1) is 11.3 Å². The van der Waals surface area contributed by atoms with Crippen LogP contribution in [0.25, 0.3) is 11.3 Å². The summed E-state index contributed by atoms with van der Waals surface area (Å²) in [5, 5.41) is 6.37. The van der Waals surface area contributed by atoms with Crippen LogP contribution in [0.15, 0.2) is 29.6 Å². The summed E-state index contributed by atoms with van der Waals surface area (Å²) in [6, 6.07) is 8.10. The van der Waals surface area contributed by atoms with E-state index in [1.165, 1.54) is 0 Å². The molecule has 1 amide bonds. The van der Waals surface area contributed by atoms with Crippen molar-refractivity contribution in [2.75, 3.05) is 23.3 Å². The zero-order chi connectivity index (χ0) is 15.5. The lowest BCUT2D eigenvalue weighted by Crippen LogP contribution is -2.23. The summed E-state index contributed by atoms with van der Waals surface area (Å²) >= 11 is 1.62. The van der Waals surface area contributed by atoms with Crippen LogP contribution in [-0.4, -0.2) is 24.0 Å². The Bertz CT molecular complexity index is 665. The Labute approximate surface area is 135 Å². The maximum absolute atomic E-state index is 11.9. The summed E-state index contributed by atoms with van der Waals surface area (Å²) in [7, 11) is 0. The molecule has 22 heavy (non-hydrogen) atoms. The molecular weight excluding hydrogens is 294 g/mol. The fraction of sp³-hybridized carbons (Fsp3) is 0.412. The average Bonchev–Trinajstić information content (AvgIpc) is 3.14. The van der Waals surface area contributed by atoms with Crippen LogP contribution in [-0.2, 0) is 4.79 Å². The number of rotatable bonds is 5. The van der Waals surface area contributed by atoms with E-state index >= 15 is 0 Å². The number of benzene rings is 1. The summed E-state index contributed by atoms with van der Waals surface area (Å²) in [6.07, 6.45) is 1.60. The highest BCUT2D eigenvalue weighted by molar-refractivity contribution is 7.14. The topological polar surface area (TPSA) is 45.2 Å². The maximum atomic E-state index is 11.9. The molecule has 0 unspecified atom stereocenters. The van der Waals surface area contributed by atoms with Crippen molar-refractivity contribution in [3.05, 3.63) is 29.6 Å². The fourth-order valence-electron chi connectivity index (χ4n) is 2.53. The normalized spacial score (nSPS) is 14.9. The molecular formula is C17H21N3OS. The summed E-state index contributed by atoms with van der Waals surface area (Å²) < 4.78 is 0. The first kappa shape index (κ1) is 15.0. The minimum Gasteiger partial charge on any atom is -0.361 e. The van der Waals surface area contributed by atoms with Gasteiger partial charge in [-0.25, -0.2) is 4.98 Å². The number of nitrogens with one attached hydrogen (secondary N) is 1. The second-order valence-corrected chi connectivity index (χ2v) is 6.87. The van der Waals surface area contributed by atoms with Gasteiger partial charge in [-0.2, -0.15) is 0 Å². The van der Waals surface area contributed by atoms with Crippen LogP contribution in [0.5, 0.6) is 0 Å². The van der Waals surface area contributed by atoms with Gasteiger partial charge in [-0.05, 0) is 24.5 Å². The largest absolute Gasteiger partial charge is 0.361 e. The highest BCUT2D eigenvalue weighted by Crippen LogP contribution is 2.29. The SMILES string of the molecule is CC(C)CNc1nc(-c2cccc(N3CCCC3=O)c2)cs1. The van der Waals surface area contributed by atoms with E-state index < -0.39 is 0 Å². The number of amides is 1. The van der Waals surface area contributed by atoms with E-state index in [-0.39, 0.29) is 5.91 Å². The van der Waals surface area contributed by atoms with Gasteiger partial charge in [0.2, 0.25) is 5.91 Å². The van der Waals surface area contributed by atoms with E-state index in [2.05, 4.69) is 35.6 Å². The molecule has 2 aromatic rings. The van der Waals surface area contributed by atoms with E-state index in [1.807, 2.05) is 23.1 Å². The van der Waals surface area contributed by atoms with Gasteiger partial charge in [-0.1, -0.05) is 26.0 Å². The maximum Gasteiger partial charge on any atom is 0.227 e. The van der Waals surface area contributed by atoms with Crippen molar-refractivity contribution in [3.8, 4) is 11.3 Å². The highest BCUT2D eigenvalue weighted by Gasteiger charge is 2.21. The molecule has 1 saturated heterocycles. The molecule has 2 heterocycles. The Morgan fingerprint density at radius 2 is 2.27 bits per heavy atom. The zero-order valence-electron chi connectivity index (χ0n) is 13.0. The van der Waals surface area contributed by atoms with Crippen LogP contribution >= 0.6 is 11.3 Å². The van der Waals surface area contributed by atoms with Crippen LogP contribution in [0, 0.1) is 5.92 Å². The molecule has 1 N–H and O–H groups in total. The average molecular weight is 315 g/mol. The molecule has 1 aromatic heterocycles. The van der Waals surface area contributed by atoms with E-state index in [9.17, 15) is 4.79 Å². The van der Waals surface area contributed by atoms with Crippen molar-refractivity contribution in [2.45, 2.75) is 26.7 Å². The van der Waals surface area contributed by atoms with E-state index in [0.717, 1.165) is 41.6 Å². The van der Waals surface area contributed by atoms with E-state index in [1.54, 1.807) is 11.3 Å². The van der Waals surface area contributed by atoms with Crippen molar-refractivity contribution in [1.82, 2.24) is 4.98 Å². The van der Waals surface area contributed by atoms with Crippen LogP contribution in [0.3, 0.4) is 0 Å². The summed E-state index contributed by atoms with van der Waals surface area (Å²) in [6.45, 7) is 6.10. The van der Waals surface area contributed by atoms with Gasteiger partial charge in [0.25, 0.3) is 0 Å². The number of aromatic nitrogens is 1. The number of nitrogens with zero attached hydrogens (tertiary/aromatic N) is 2. The monoisotopic (exact) mass is 315 g/mol. The Hall–Kier alpha value is -1.88. The second-order valence-electron chi connectivity index (χ2n) is 6.01. The Morgan fingerprint density at radius 1 is 1.41 bits per heavy atom. The number of hydrogen-bond donors (Lipinski definition) is 1. The van der Waals surface area contributed by atoms with Crippen molar-refractivity contribution < 1.29 is 4.79 Å². The molecule has 116 valence electrons. The first-order valence-electron chi connectivity index (χ1n) is 7.73. The minimum atomic E-state index is 0.217. The first-order chi connectivity index (χ1) is 10.6. The molecule has 0 saturated carbocycles. The number of thiazole rings is 1. The second kappa shape index (κ2) is 6.48. The van der Waals surface area contributed by atoms with E-state index in [4.69, 9.17) is 0 Å². The molecule has 1 fully saturated rings. The fourth-order valence-corrected chi connectivity index (χ4v) is 3.26. The lowest BCUT2D eigenvalue weighted by atomic mass is 10.1. The molecule has 1 aromatic carbocycles. The highest BCUT2D eigenvalue weighted by atomic mass is 32.1. The van der Waals surface area contributed by atoms with Crippen molar-refractivity contribution in [2.24, 2.45) is 5.92 Å². The first-order valence-corrected chi connectivity index (χ1v) is 8.61. The van der Waals surface area contributed by atoms with Gasteiger partial charge < -0.3 is 10.2 Å². The van der Waals surface area contributed by atoms with Crippen molar-refractivity contribution in [3.63, 3.8) is 0 Å². The Balaban J connectivity index is 1.79. The number of anilines is 2. The molecule has 0 bridgehead atoms. The standard InChI is InChI=1S/C17H21N3OS/c1-12(2)10-18-17-19-15(11-22-17)13-5-3-6-14(9-13)20-8-4-7-16(20)21/h3,5-6,9,11-12H,4,7-8,10H2,1-2H3,(H,18,19). The molecule has 1 aliphatic rings. The molecule has 0 spiro atoms. The quantitative estimate of drug-likeness (QED) is 0.907. The smallest absolute Gasteiger partial charge is 0.227 e. The molecule has 0 radical (unpaired) electrons. The molecule has 0 atom stereocenters. The third-order valence-electron chi connectivity index (χ3n) is 3.69. The summed E-state index contributed by atoms with van der Waals surface area (Å²) in [5.41, 5.74) is 3.00. The predicted octanol–water partition coefficient (Wildman–Crippen LogP) is 4.00. The molecule has 1 aliphatic heterocycles.